The summed E-state index contributed by atoms with van der Waals surface area (Å²) in [6, 6.07) is 30.4. The molecule has 0 radical (unpaired) electrons. The van der Waals surface area contributed by atoms with E-state index in [2.05, 4.69) is 91.9 Å². The molecule has 0 nitrogen and oxygen atoms in total. The molecule has 1 heterocycles. The summed E-state index contributed by atoms with van der Waals surface area (Å²) in [5.41, 5.74) is 0. The van der Waals surface area contributed by atoms with E-state index in [1.54, 1.807) is 0 Å². The van der Waals surface area contributed by atoms with Crippen LogP contribution >= 0.6 is 22.2 Å². The molecule has 3 aromatic carbocycles. The van der Waals surface area contributed by atoms with Gasteiger partial charge in [-0.3, -0.25) is 0 Å². The predicted octanol–water partition coefficient (Wildman–Crippen LogP) is 7.04. The monoisotopic (exact) mass is 333 g/mol. The van der Waals surface area contributed by atoms with Gasteiger partial charge in [0.15, 0.2) is 14.5 Å². The largest absolute Gasteiger partial charge is 0.187 e. The molecule has 23 heavy (non-hydrogen) atoms. The van der Waals surface area contributed by atoms with Crippen LogP contribution < -0.4 is 0 Å². The van der Waals surface area contributed by atoms with E-state index in [0.29, 0.717) is 0 Å². The second-order valence-corrected chi connectivity index (χ2v) is 8.64. The van der Waals surface area contributed by atoms with Crippen LogP contribution in [0.1, 0.15) is 4.88 Å². The molecule has 0 saturated carbocycles. The molecule has 0 aliphatic heterocycles. The van der Waals surface area contributed by atoms with Crippen LogP contribution in [0.2, 0.25) is 0 Å². The molecule has 4 rings (SSSR count). The highest BCUT2D eigenvalue weighted by molar-refractivity contribution is 7.99. The summed E-state index contributed by atoms with van der Waals surface area (Å²) in [6.07, 6.45) is 0. The normalized spacial score (nSPS) is 11.8. The maximum absolute atomic E-state index is 2.29. The first kappa shape index (κ1) is 14.6. The third kappa shape index (κ3) is 2.69. The summed E-state index contributed by atoms with van der Waals surface area (Å²) < 4.78 is 1.45. The average molecular weight is 334 g/mol. The van der Waals surface area contributed by atoms with Crippen molar-refractivity contribution in [3.63, 3.8) is 0 Å². The highest BCUT2D eigenvalue weighted by Gasteiger charge is 2.26. The van der Waals surface area contributed by atoms with E-state index in [9.17, 15) is 0 Å². The van der Waals surface area contributed by atoms with Crippen LogP contribution in [0, 0.1) is 6.92 Å². The zero-order valence-electron chi connectivity index (χ0n) is 12.9. The summed E-state index contributed by atoms with van der Waals surface area (Å²) >= 11 is 1.89. The average Bonchev–Trinajstić information content (AvgIpc) is 2.89. The van der Waals surface area contributed by atoms with Crippen LogP contribution in [0.25, 0.3) is 15.0 Å². The van der Waals surface area contributed by atoms with Gasteiger partial charge in [0.25, 0.3) is 0 Å². The number of benzene rings is 3. The summed E-state index contributed by atoms with van der Waals surface area (Å²) in [5.74, 6) is 0. The fraction of sp³-hybridized carbons (Fsp3) is 0.0476. The Morgan fingerprint density at radius 2 is 1.30 bits per heavy atom. The van der Waals surface area contributed by atoms with Crippen molar-refractivity contribution in [3.8, 4) is 4.90 Å². The highest BCUT2D eigenvalue weighted by atomic mass is 32.2. The number of thiophene rings is 1. The van der Waals surface area contributed by atoms with Gasteiger partial charge in [-0.1, -0.05) is 60.3 Å². The fourth-order valence-corrected chi connectivity index (χ4v) is 6.54. The van der Waals surface area contributed by atoms with Crippen molar-refractivity contribution < 1.29 is 0 Å². The molecular weight excluding hydrogens is 316 g/mol. The first-order chi connectivity index (χ1) is 11.3. The van der Waals surface area contributed by atoms with Crippen molar-refractivity contribution in [1.82, 2.24) is 0 Å². The van der Waals surface area contributed by atoms with Crippen LogP contribution in [-0.2, 0) is 0 Å². The van der Waals surface area contributed by atoms with E-state index >= 15 is 0 Å². The number of rotatable bonds is 3. The van der Waals surface area contributed by atoms with E-state index in [1.807, 2.05) is 11.8 Å². The molecule has 4 aromatic rings. The van der Waals surface area contributed by atoms with Crippen molar-refractivity contribution >= 4 is 32.3 Å². The molecule has 0 N–H and O–H groups in total. The van der Waals surface area contributed by atoms with Crippen molar-refractivity contribution in [2.24, 2.45) is 0 Å². The van der Waals surface area contributed by atoms with Gasteiger partial charge >= 0.3 is 0 Å². The molecule has 2 heteroatoms. The van der Waals surface area contributed by atoms with Gasteiger partial charge in [-0.2, -0.15) is 0 Å². The standard InChI is InChI=1S/C21H17S2/c1-16-21(22-17-10-4-2-5-11-17)19-14-8-9-15-20(19)23(16)18-12-6-3-7-13-18/h2-15H,1H3/q+1. The number of fused-ring (bicyclic) bond motifs is 1. The zero-order valence-corrected chi connectivity index (χ0v) is 14.5. The van der Waals surface area contributed by atoms with E-state index in [1.165, 1.54) is 29.6 Å². The molecule has 0 saturated heterocycles. The minimum atomic E-state index is 0.0447. The molecule has 0 aliphatic carbocycles. The van der Waals surface area contributed by atoms with Crippen LogP contribution in [0.15, 0.2) is 94.7 Å². The Kier molecular flexibility index (Phi) is 3.94. The zero-order chi connectivity index (χ0) is 15.6. The van der Waals surface area contributed by atoms with Crippen LogP contribution in [0.4, 0.5) is 0 Å². The minimum Gasteiger partial charge on any atom is -0.0839 e. The van der Waals surface area contributed by atoms with E-state index in [0.717, 1.165) is 0 Å². The molecule has 0 fully saturated rings. The Labute approximate surface area is 143 Å². The van der Waals surface area contributed by atoms with E-state index in [4.69, 9.17) is 0 Å². The van der Waals surface area contributed by atoms with Crippen molar-refractivity contribution in [2.45, 2.75) is 16.7 Å². The lowest BCUT2D eigenvalue weighted by molar-refractivity contribution is 1.41. The Bertz CT molecular complexity index is 938. The predicted molar refractivity (Wildman–Crippen MR) is 103 cm³/mol. The molecule has 0 amide bonds. The lowest BCUT2D eigenvalue weighted by Crippen LogP contribution is -1.75. The first-order valence-electron chi connectivity index (χ1n) is 7.67. The van der Waals surface area contributed by atoms with Crippen molar-refractivity contribution in [2.75, 3.05) is 0 Å². The van der Waals surface area contributed by atoms with Crippen LogP contribution in [0.3, 0.4) is 0 Å². The molecule has 0 bridgehead atoms. The SMILES string of the molecule is Cc1c(Sc2ccccc2)c2ccccc2[s+]1-c1ccccc1. The van der Waals surface area contributed by atoms with Gasteiger partial charge < -0.3 is 0 Å². The topological polar surface area (TPSA) is 0 Å². The summed E-state index contributed by atoms with van der Waals surface area (Å²) in [6.45, 7) is 2.29. The van der Waals surface area contributed by atoms with Crippen LogP contribution in [-0.4, -0.2) is 0 Å². The summed E-state index contributed by atoms with van der Waals surface area (Å²) in [4.78, 5) is 5.60. The maximum atomic E-state index is 2.29. The molecule has 112 valence electrons. The Morgan fingerprint density at radius 1 is 0.696 bits per heavy atom. The molecule has 0 spiro atoms. The van der Waals surface area contributed by atoms with Crippen LogP contribution in [0.5, 0.6) is 0 Å². The molecule has 1 atom stereocenters. The molecule has 0 aliphatic rings. The van der Waals surface area contributed by atoms with Crippen molar-refractivity contribution in [1.29, 1.82) is 0 Å². The summed E-state index contributed by atoms with van der Waals surface area (Å²) in [5, 5.41) is 1.39. The molecule has 1 aromatic heterocycles. The smallest absolute Gasteiger partial charge is 0.0839 e. The minimum absolute atomic E-state index is 0.0447. The summed E-state index contributed by atoms with van der Waals surface area (Å²) in [7, 11) is 0.0447. The maximum Gasteiger partial charge on any atom is 0.187 e. The first-order valence-corrected chi connectivity index (χ1v) is 9.71. The number of hydrogen-bond acceptors (Lipinski definition) is 1. The molecular formula is C21H17S2+. The van der Waals surface area contributed by atoms with E-state index < -0.39 is 0 Å². The third-order valence-corrected chi connectivity index (χ3v) is 7.64. The third-order valence-electron chi connectivity index (χ3n) is 3.92. The Hall–Kier alpha value is -2.03. The van der Waals surface area contributed by atoms with Gasteiger partial charge in [0.2, 0.25) is 0 Å². The van der Waals surface area contributed by atoms with E-state index in [-0.39, 0.29) is 10.5 Å². The Balaban J connectivity index is 1.94. The Morgan fingerprint density at radius 3 is 2.04 bits per heavy atom. The van der Waals surface area contributed by atoms with Gasteiger partial charge in [0.05, 0.1) is 10.3 Å². The second kappa shape index (κ2) is 6.23. The number of hydrogen-bond donors (Lipinski definition) is 0. The second-order valence-electron chi connectivity index (χ2n) is 5.42. The lowest BCUT2D eigenvalue weighted by atomic mass is 10.2. The molecule has 1 unspecified atom stereocenters. The fourth-order valence-electron chi connectivity index (χ4n) is 2.87. The van der Waals surface area contributed by atoms with Gasteiger partial charge in [-0.15, -0.1) is 0 Å². The quantitative estimate of drug-likeness (QED) is 0.362. The van der Waals surface area contributed by atoms with Gasteiger partial charge in [-0.25, -0.2) is 0 Å². The van der Waals surface area contributed by atoms with Crippen molar-refractivity contribution in [3.05, 3.63) is 89.8 Å². The lowest BCUT2D eigenvalue weighted by Gasteiger charge is -1.99. The van der Waals surface area contributed by atoms with Gasteiger partial charge in [0, 0.05) is 22.3 Å². The highest BCUT2D eigenvalue weighted by Crippen LogP contribution is 2.50. The van der Waals surface area contributed by atoms with Gasteiger partial charge in [0.1, 0.15) is 0 Å². The van der Waals surface area contributed by atoms with Gasteiger partial charge in [-0.05, 0) is 36.4 Å².